The molecular formula is C14H26Br2O5. The number of hydrogen-bond donors (Lipinski definition) is 0. The van der Waals surface area contributed by atoms with Crippen molar-refractivity contribution in [3.05, 3.63) is 0 Å². The summed E-state index contributed by atoms with van der Waals surface area (Å²) >= 11 is 6.91. The quantitative estimate of drug-likeness (QED) is 0.625. The molecule has 0 bridgehead atoms. The average Bonchev–Trinajstić information content (AvgIpc) is 2.49. The van der Waals surface area contributed by atoms with Crippen LogP contribution in [0.15, 0.2) is 0 Å². The Morgan fingerprint density at radius 2 is 1.76 bits per heavy atom. The highest BCUT2D eigenvalue weighted by molar-refractivity contribution is 9.09. The first-order valence-corrected chi connectivity index (χ1v) is 9.48. The fraction of sp³-hybridized carbons (Fsp3) is 1.00. The Bertz CT molecular complexity index is 270. The minimum Gasteiger partial charge on any atom is -0.377 e. The Hall–Kier alpha value is 0.760. The van der Waals surface area contributed by atoms with Crippen LogP contribution in [0, 0.1) is 0 Å². The zero-order chi connectivity index (χ0) is 15.6. The predicted molar refractivity (Wildman–Crippen MR) is 88.7 cm³/mol. The molecule has 1 saturated heterocycles. The van der Waals surface area contributed by atoms with E-state index < -0.39 is 0 Å². The second-order valence-corrected chi connectivity index (χ2v) is 6.56. The van der Waals surface area contributed by atoms with Gasteiger partial charge in [0.05, 0.1) is 64.1 Å². The third-order valence-corrected chi connectivity index (χ3v) is 4.95. The highest BCUT2D eigenvalue weighted by Gasteiger charge is 2.24. The maximum atomic E-state index is 5.85. The smallest absolute Gasteiger partial charge is 0.0984 e. The molecule has 1 aliphatic heterocycles. The molecule has 5 nitrogen and oxygen atoms in total. The number of ether oxygens (including phenoxy) is 5. The van der Waals surface area contributed by atoms with Crippen molar-refractivity contribution in [2.75, 3.05) is 56.9 Å². The van der Waals surface area contributed by atoms with Gasteiger partial charge in [-0.1, -0.05) is 31.9 Å². The van der Waals surface area contributed by atoms with Gasteiger partial charge in [-0.3, -0.25) is 0 Å². The summed E-state index contributed by atoms with van der Waals surface area (Å²) in [4.78, 5) is 0. The van der Waals surface area contributed by atoms with E-state index in [-0.39, 0.29) is 17.8 Å². The van der Waals surface area contributed by atoms with Gasteiger partial charge in [0.25, 0.3) is 0 Å². The van der Waals surface area contributed by atoms with Gasteiger partial charge in [0, 0.05) is 10.7 Å². The van der Waals surface area contributed by atoms with E-state index in [2.05, 4.69) is 31.9 Å². The van der Waals surface area contributed by atoms with Crippen molar-refractivity contribution in [2.24, 2.45) is 0 Å². The van der Waals surface area contributed by atoms with Gasteiger partial charge in [-0.25, -0.2) is 0 Å². The Balaban J connectivity index is 2.47. The lowest BCUT2D eigenvalue weighted by Gasteiger charge is -2.28. The summed E-state index contributed by atoms with van der Waals surface area (Å²) < 4.78 is 28.5. The van der Waals surface area contributed by atoms with Gasteiger partial charge >= 0.3 is 0 Å². The molecule has 7 heteroatoms. The number of alkyl halides is 2. The maximum Gasteiger partial charge on any atom is 0.0984 e. The molecule has 1 heterocycles. The third kappa shape index (κ3) is 8.83. The Labute approximate surface area is 144 Å². The predicted octanol–water partition coefficient (Wildman–Crippen LogP) is 2.39. The fourth-order valence-corrected chi connectivity index (χ4v) is 2.44. The van der Waals surface area contributed by atoms with Gasteiger partial charge in [-0.2, -0.15) is 0 Å². The van der Waals surface area contributed by atoms with Crippen LogP contribution >= 0.6 is 31.9 Å². The second-order valence-electron chi connectivity index (χ2n) is 5.35. The van der Waals surface area contributed by atoms with E-state index in [4.69, 9.17) is 23.7 Å². The molecule has 0 aromatic rings. The first-order valence-electron chi connectivity index (χ1n) is 7.24. The normalized spacial score (nSPS) is 34.9. The lowest BCUT2D eigenvalue weighted by atomic mass is 10.1. The van der Waals surface area contributed by atoms with Gasteiger partial charge in [0.1, 0.15) is 0 Å². The van der Waals surface area contributed by atoms with Crippen molar-refractivity contribution >= 4 is 31.9 Å². The van der Waals surface area contributed by atoms with E-state index in [0.29, 0.717) is 51.6 Å². The summed E-state index contributed by atoms with van der Waals surface area (Å²) in [5, 5.41) is 1.45. The van der Waals surface area contributed by atoms with Crippen molar-refractivity contribution < 1.29 is 23.7 Å². The molecule has 0 aromatic heterocycles. The summed E-state index contributed by atoms with van der Waals surface area (Å²) in [6, 6.07) is 0. The van der Waals surface area contributed by atoms with Gasteiger partial charge in [-0.15, -0.1) is 0 Å². The molecule has 0 aliphatic carbocycles. The van der Waals surface area contributed by atoms with Gasteiger partial charge in [0.15, 0.2) is 0 Å². The molecule has 0 N–H and O–H groups in total. The van der Waals surface area contributed by atoms with Crippen LogP contribution in [-0.2, 0) is 23.7 Å². The van der Waals surface area contributed by atoms with Gasteiger partial charge in [0.2, 0.25) is 0 Å². The van der Waals surface area contributed by atoms with Crippen molar-refractivity contribution in [3.63, 3.8) is 0 Å². The zero-order valence-electron chi connectivity index (χ0n) is 12.8. The molecular weight excluding hydrogens is 408 g/mol. The SMILES string of the molecule is CC1COC[C@@](C)(CBr)OCCOCCO[C@H](CBr)CO1. The Morgan fingerprint density at radius 3 is 2.48 bits per heavy atom. The lowest BCUT2D eigenvalue weighted by molar-refractivity contribution is -0.0998. The van der Waals surface area contributed by atoms with E-state index in [1.54, 1.807) is 0 Å². The summed E-state index contributed by atoms with van der Waals surface area (Å²) in [6.45, 7) is 7.83. The van der Waals surface area contributed by atoms with Crippen molar-refractivity contribution in [2.45, 2.75) is 31.7 Å². The topological polar surface area (TPSA) is 46.2 Å². The Morgan fingerprint density at radius 1 is 1.00 bits per heavy atom. The summed E-state index contributed by atoms with van der Waals surface area (Å²) in [7, 11) is 0. The van der Waals surface area contributed by atoms with Crippen LogP contribution in [0.1, 0.15) is 13.8 Å². The monoisotopic (exact) mass is 432 g/mol. The molecule has 3 atom stereocenters. The highest BCUT2D eigenvalue weighted by atomic mass is 79.9. The van der Waals surface area contributed by atoms with Crippen molar-refractivity contribution in [1.29, 1.82) is 0 Å². The van der Waals surface area contributed by atoms with Gasteiger partial charge in [-0.05, 0) is 13.8 Å². The van der Waals surface area contributed by atoms with Crippen LogP contribution in [0.3, 0.4) is 0 Å². The van der Waals surface area contributed by atoms with Crippen molar-refractivity contribution in [3.8, 4) is 0 Å². The van der Waals surface area contributed by atoms with Crippen LogP contribution in [0.2, 0.25) is 0 Å². The average molecular weight is 434 g/mol. The first-order chi connectivity index (χ1) is 10.1. The number of halogens is 2. The molecule has 0 radical (unpaired) electrons. The number of hydrogen-bond acceptors (Lipinski definition) is 5. The molecule has 0 spiro atoms. The maximum absolute atomic E-state index is 5.85. The summed E-state index contributed by atoms with van der Waals surface area (Å²) in [6.07, 6.45) is 0.0568. The van der Waals surface area contributed by atoms with Gasteiger partial charge < -0.3 is 23.7 Å². The van der Waals surface area contributed by atoms with E-state index in [9.17, 15) is 0 Å². The summed E-state index contributed by atoms with van der Waals surface area (Å²) in [5.41, 5.74) is -0.349. The molecule has 21 heavy (non-hydrogen) atoms. The van der Waals surface area contributed by atoms with Crippen LogP contribution in [0.25, 0.3) is 0 Å². The molecule has 0 saturated carbocycles. The van der Waals surface area contributed by atoms with Crippen LogP contribution in [-0.4, -0.2) is 74.7 Å². The summed E-state index contributed by atoms with van der Waals surface area (Å²) in [5.74, 6) is 0. The molecule has 1 rings (SSSR count). The number of rotatable bonds is 2. The largest absolute Gasteiger partial charge is 0.377 e. The molecule has 0 aromatic carbocycles. The molecule has 1 fully saturated rings. The van der Waals surface area contributed by atoms with Crippen LogP contribution < -0.4 is 0 Å². The Kier molecular flexibility index (Phi) is 10.7. The molecule has 0 amide bonds. The van der Waals surface area contributed by atoms with Crippen LogP contribution in [0.5, 0.6) is 0 Å². The second kappa shape index (κ2) is 11.3. The standard InChI is InChI=1S/C14H26Br2O5/c1-12-8-18-11-14(2,10-16)21-6-4-17-3-5-19-13(7-15)9-20-12/h12-13H,3-11H2,1-2H3/t12?,13-,14-/m1/s1. The minimum atomic E-state index is -0.349. The zero-order valence-corrected chi connectivity index (χ0v) is 16.0. The third-order valence-electron chi connectivity index (χ3n) is 3.04. The molecule has 126 valence electrons. The molecule has 1 aliphatic rings. The van der Waals surface area contributed by atoms with Crippen LogP contribution in [0.4, 0.5) is 0 Å². The van der Waals surface area contributed by atoms with E-state index in [1.165, 1.54) is 0 Å². The van der Waals surface area contributed by atoms with E-state index in [0.717, 1.165) is 5.33 Å². The minimum absolute atomic E-state index is 0.0242. The van der Waals surface area contributed by atoms with E-state index >= 15 is 0 Å². The first kappa shape index (κ1) is 19.8. The fourth-order valence-electron chi connectivity index (χ4n) is 1.74. The lowest BCUT2D eigenvalue weighted by Crippen LogP contribution is -2.38. The molecule has 1 unspecified atom stereocenters. The highest BCUT2D eigenvalue weighted by Crippen LogP contribution is 2.15. The van der Waals surface area contributed by atoms with E-state index in [1.807, 2.05) is 13.8 Å². The van der Waals surface area contributed by atoms with Crippen molar-refractivity contribution in [1.82, 2.24) is 0 Å².